The fourth-order valence-corrected chi connectivity index (χ4v) is 2.03. The van der Waals surface area contributed by atoms with E-state index in [4.69, 9.17) is 4.52 Å². The van der Waals surface area contributed by atoms with Crippen LogP contribution in [0.2, 0.25) is 0 Å². The van der Waals surface area contributed by atoms with E-state index in [0.29, 0.717) is 0 Å². The second-order valence-corrected chi connectivity index (χ2v) is 3.63. The van der Waals surface area contributed by atoms with E-state index in [9.17, 15) is 0 Å². The summed E-state index contributed by atoms with van der Waals surface area (Å²) in [5.41, 5.74) is 3.15. The number of hydrogen-bond acceptors (Lipinski definition) is 2. The Labute approximate surface area is 91.1 Å². The average Bonchev–Trinajstić information content (AvgIpc) is 2.61. The fraction of sp³-hybridized carbons (Fsp3) is 0.182. The Morgan fingerprint density at radius 1 is 1.29 bits per heavy atom. The summed E-state index contributed by atoms with van der Waals surface area (Å²) in [6, 6.07) is 10.0. The molecule has 0 aliphatic rings. The van der Waals surface area contributed by atoms with Gasteiger partial charge in [-0.3, -0.25) is 0 Å². The Morgan fingerprint density at radius 2 is 2.00 bits per heavy atom. The molecule has 1 aromatic heterocycles. The van der Waals surface area contributed by atoms with Crippen LogP contribution in [0.5, 0.6) is 0 Å². The number of halogens is 1. The van der Waals surface area contributed by atoms with Crippen molar-refractivity contribution in [1.82, 2.24) is 5.16 Å². The molecule has 0 fully saturated rings. The minimum atomic E-state index is 0.770. The number of aryl methyl sites for hydroxylation is 1. The lowest BCUT2D eigenvalue weighted by molar-refractivity contribution is 0.398. The van der Waals surface area contributed by atoms with Crippen molar-refractivity contribution in [2.45, 2.75) is 12.3 Å². The van der Waals surface area contributed by atoms with Gasteiger partial charge in [0, 0.05) is 16.5 Å². The zero-order valence-electron chi connectivity index (χ0n) is 7.83. The van der Waals surface area contributed by atoms with Gasteiger partial charge in [-0.1, -0.05) is 51.4 Å². The van der Waals surface area contributed by atoms with E-state index in [2.05, 4.69) is 21.1 Å². The summed E-state index contributed by atoms with van der Waals surface area (Å²) in [6.07, 6.45) is 0. The average molecular weight is 252 g/mol. The number of aromatic nitrogens is 1. The summed E-state index contributed by atoms with van der Waals surface area (Å²) < 4.78 is 5.16. The molecule has 0 aliphatic carbocycles. The number of hydrogen-bond donors (Lipinski definition) is 0. The first-order valence-corrected chi connectivity index (χ1v) is 5.51. The van der Waals surface area contributed by atoms with Gasteiger partial charge in [-0.05, 0) is 6.92 Å². The molecule has 0 bridgehead atoms. The second-order valence-electron chi connectivity index (χ2n) is 3.07. The van der Waals surface area contributed by atoms with E-state index in [1.165, 1.54) is 0 Å². The van der Waals surface area contributed by atoms with Crippen LogP contribution < -0.4 is 0 Å². The summed E-state index contributed by atoms with van der Waals surface area (Å²) in [5, 5.41) is 4.82. The molecule has 3 heteroatoms. The van der Waals surface area contributed by atoms with Gasteiger partial charge < -0.3 is 4.52 Å². The maximum absolute atomic E-state index is 5.16. The van der Waals surface area contributed by atoms with Crippen LogP contribution in [0.1, 0.15) is 11.3 Å². The molecule has 0 saturated heterocycles. The predicted molar refractivity (Wildman–Crippen MR) is 59.3 cm³/mol. The SMILES string of the molecule is Cc1onc(-c2ccccc2)c1CBr. The Bertz CT molecular complexity index is 422. The van der Waals surface area contributed by atoms with Gasteiger partial charge in [-0.25, -0.2) is 0 Å². The normalized spacial score (nSPS) is 10.4. The van der Waals surface area contributed by atoms with E-state index in [1.807, 2.05) is 37.3 Å². The van der Waals surface area contributed by atoms with Crippen LogP contribution in [-0.4, -0.2) is 5.16 Å². The molecule has 0 N–H and O–H groups in total. The van der Waals surface area contributed by atoms with Gasteiger partial charge in [0.15, 0.2) is 0 Å². The standard InChI is InChI=1S/C11H10BrNO/c1-8-10(7-12)11(13-14-8)9-5-3-2-4-6-9/h2-6H,7H2,1H3. The van der Waals surface area contributed by atoms with E-state index in [1.54, 1.807) is 0 Å². The van der Waals surface area contributed by atoms with Gasteiger partial charge in [-0.2, -0.15) is 0 Å². The number of rotatable bonds is 2. The van der Waals surface area contributed by atoms with E-state index in [0.717, 1.165) is 27.9 Å². The third kappa shape index (κ3) is 1.60. The van der Waals surface area contributed by atoms with Crippen LogP contribution in [0.15, 0.2) is 34.9 Å². The lowest BCUT2D eigenvalue weighted by Gasteiger charge is -1.97. The molecule has 0 atom stereocenters. The summed E-state index contributed by atoms with van der Waals surface area (Å²) in [7, 11) is 0. The molecule has 14 heavy (non-hydrogen) atoms. The van der Waals surface area contributed by atoms with Crippen LogP contribution in [-0.2, 0) is 5.33 Å². The lowest BCUT2D eigenvalue weighted by Crippen LogP contribution is -1.83. The van der Waals surface area contributed by atoms with Crippen molar-refractivity contribution in [3.8, 4) is 11.3 Å². The van der Waals surface area contributed by atoms with Gasteiger partial charge in [0.1, 0.15) is 11.5 Å². The molecule has 2 aromatic rings. The highest BCUT2D eigenvalue weighted by molar-refractivity contribution is 9.08. The lowest BCUT2D eigenvalue weighted by atomic mass is 10.1. The summed E-state index contributed by atoms with van der Waals surface area (Å²) >= 11 is 3.44. The van der Waals surface area contributed by atoms with Gasteiger partial charge in [0.2, 0.25) is 0 Å². The van der Waals surface area contributed by atoms with E-state index in [-0.39, 0.29) is 0 Å². The van der Waals surface area contributed by atoms with Crippen molar-refractivity contribution >= 4 is 15.9 Å². The van der Waals surface area contributed by atoms with Crippen molar-refractivity contribution in [3.05, 3.63) is 41.7 Å². The molecule has 0 unspecified atom stereocenters. The van der Waals surface area contributed by atoms with Gasteiger partial charge in [-0.15, -0.1) is 0 Å². The Balaban J connectivity index is 2.52. The monoisotopic (exact) mass is 251 g/mol. The van der Waals surface area contributed by atoms with E-state index >= 15 is 0 Å². The first kappa shape index (κ1) is 9.46. The summed E-state index contributed by atoms with van der Waals surface area (Å²) in [4.78, 5) is 0. The van der Waals surface area contributed by atoms with Gasteiger partial charge in [0.25, 0.3) is 0 Å². The molecule has 0 radical (unpaired) electrons. The molecule has 72 valence electrons. The minimum absolute atomic E-state index is 0.770. The van der Waals surface area contributed by atoms with Gasteiger partial charge in [0.05, 0.1) is 0 Å². The number of nitrogens with zero attached hydrogens (tertiary/aromatic N) is 1. The molecule has 1 aromatic carbocycles. The predicted octanol–water partition coefficient (Wildman–Crippen LogP) is 3.54. The topological polar surface area (TPSA) is 26.0 Å². The van der Waals surface area contributed by atoms with Crippen molar-refractivity contribution < 1.29 is 4.52 Å². The summed E-state index contributed by atoms with van der Waals surface area (Å²) in [6.45, 7) is 1.93. The fourth-order valence-electron chi connectivity index (χ4n) is 1.37. The van der Waals surface area contributed by atoms with Crippen LogP contribution in [0.3, 0.4) is 0 Å². The third-order valence-corrected chi connectivity index (χ3v) is 2.73. The first-order valence-electron chi connectivity index (χ1n) is 4.39. The highest BCUT2D eigenvalue weighted by Gasteiger charge is 2.12. The highest BCUT2D eigenvalue weighted by atomic mass is 79.9. The first-order chi connectivity index (χ1) is 6.83. The molecular formula is C11H10BrNO. The highest BCUT2D eigenvalue weighted by Crippen LogP contribution is 2.26. The quantitative estimate of drug-likeness (QED) is 0.764. The maximum atomic E-state index is 5.16. The molecule has 1 heterocycles. The molecule has 0 aliphatic heterocycles. The summed E-state index contributed by atoms with van der Waals surface area (Å²) in [5.74, 6) is 0.876. The van der Waals surface area contributed by atoms with E-state index < -0.39 is 0 Å². The minimum Gasteiger partial charge on any atom is -0.361 e. The third-order valence-electron chi connectivity index (χ3n) is 2.17. The second kappa shape index (κ2) is 3.96. The molecule has 0 spiro atoms. The van der Waals surface area contributed by atoms with Crippen molar-refractivity contribution in [3.63, 3.8) is 0 Å². The van der Waals surface area contributed by atoms with Crippen molar-refractivity contribution in [1.29, 1.82) is 0 Å². The molecule has 0 amide bonds. The van der Waals surface area contributed by atoms with Crippen LogP contribution >= 0.6 is 15.9 Å². The van der Waals surface area contributed by atoms with Crippen LogP contribution in [0.4, 0.5) is 0 Å². The van der Waals surface area contributed by atoms with Crippen LogP contribution in [0.25, 0.3) is 11.3 Å². The Hall–Kier alpha value is -1.09. The maximum Gasteiger partial charge on any atom is 0.138 e. The van der Waals surface area contributed by atoms with Crippen LogP contribution in [0, 0.1) is 6.92 Å². The Kier molecular flexibility index (Phi) is 2.68. The number of alkyl halides is 1. The molecule has 2 rings (SSSR count). The molecule has 2 nitrogen and oxygen atoms in total. The zero-order chi connectivity index (χ0) is 9.97. The van der Waals surface area contributed by atoms with Crippen molar-refractivity contribution in [2.24, 2.45) is 0 Å². The van der Waals surface area contributed by atoms with Crippen molar-refractivity contribution in [2.75, 3.05) is 0 Å². The largest absolute Gasteiger partial charge is 0.361 e. The smallest absolute Gasteiger partial charge is 0.138 e. The zero-order valence-corrected chi connectivity index (χ0v) is 9.41. The number of benzene rings is 1. The molecular weight excluding hydrogens is 242 g/mol. The molecule has 0 saturated carbocycles. The van der Waals surface area contributed by atoms with Gasteiger partial charge >= 0.3 is 0 Å². The Morgan fingerprint density at radius 3 is 2.64 bits per heavy atom.